The molecule has 8 nitrogen and oxygen atoms in total. The molecule has 0 aliphatic heterocycles. The van der Waals surface area contributed by atoms with Gasteiger partial charge in [-0.15, -0.1) is 5.10 Å². The first kappa shape index (κ1) is 20.7. The fraction of sp³-hybridized carbons (Fsp3) is 0.200. The Kier molecular flexibility index (Phi) is 5.48. The van der Waals surface area contributed by atoms with Gasteiger partial charge in [-0.05, 0) is 65.2 Å². The predicted octanol–water partition coefficient (Wildman–Crippen LogP) is 4.16. The predicted molar refractivity (Wildman–Crippen MR) is 127 cm³/mol. The Morgan fingerprint density at radius 3 is 2.61 bits per heavy atom. The molecule has 4 heterocycles. The van der Waals surface area contributed by atoms with Gasteiger partial charge in [-0.25, -0.2) is 15.1 Å². The van der Waals surface area contributed by atoms with Crippen LogP contribution in [0, 0.1) is 13.8 Å². The number of aromatic nitrogens is 8. The summed E-state index contributed by atoms with van der Waals surface area (Å²) in [4.78, 5) is 14.2. The van der Waals surface area contributed by atoms with Crippen molar-refractivity contribution in [3.8, 4) is 0 Å². The Hall–Kier alpha value is -4.20. The first-order chi connectivity index (χ1) is 16.1. The normalized spacial score (nSPS) is 11.9. The maximum atomic E-state index is 4.86. The zero-order chi connectivity index (χ0) is 22.8. The van der Waals surface area contributed by atoms with Crippen LogP contribution in [0.4, 0.5) is 0 Å². The molecule has 0 fully saturated rings. The highest BCUT2D eigenvalue weighted by Gasteiger charge is 2.14. The summed E-state index contributed by atoms with van der Waals surface area (Å²) >= 11 is 0. The Morgan fingerprint density at radius 2 is 1.91 bits per heavy atom. The maximum absolute atomic E-state index is 4.86. The fourth-order valence-corrected chi connectivity index (χ4v) is 4.05. The van der Waals surface area contributed by atoms with E-state index in [-0.39, 0.29) is 0 Å². The number of pyridine rings is 2. The zero-order valence-electron chi connectivity index (χ0n) is 18.8. The van der Waals surface area contributed by atoms with Crippen molar-refractivity contribution in [1.82, 2.24) is 40.1 Å². The smallest absolute Gasteiger partial charge is 0.172 e. The van der Waals surface area contributed by atoms with E-state index < -0.39 is 0 Å². The van der Waals surface area contributed by atoms with E-state index in [1.54, 1.807) is 6.20 Å². The van der Waals surface area contributed by atoms with Crippen LogP contribution in [0.5, 0.6) is 0 Å². The van der Waals surface area contributed by atoms with E-state index in [4.69, 9.17) is 9.97 Å². The topological polar surface area (TPSA) is 98.1 Å². The van der Waals surface area contributed by atoms with Crippen molar-refractivity contribution in [2.75, 3.05) is 0 Å². The third-order valence-corrected chi connectivity index (χ3v) is 5.61. The number of H-pyrrole nitrogens is 1. The van der Waals surface area contributed by atoms with Crippen LogP contribution in [0.1, 0.15) is 46.7 Å². The number of hydrogen-bond acceptors (Lipinski definition) is 6. The number of imidazole rings is 1. The van der Waals surface area contributed by atoms with Crippen LogP contribution in [0.25, 0.3) is 22.8 Å². The summed E-state index contributed by atoms with van der Waals surface area (Å²) in [5.74, 6) is 1.62. The third-order valence-electron chi connectivity index (χ3n) is 5.61. The van der Waals surface area contributed by atoms with E-state index >= 15 is 0 Å². The van der Waals surface area contributed by atoms with Crippen LogP contribution in [0.3, 0.4) is 0 Å². The molecule has 164 valence electrons. The van der Waals surface area contributed by atoms with Crippen molar-refractivity contribution < 1.29 is 0 Å². The first-order valence-corrected chi connectivity index (χ1v) is 10.9. The molecule has 0 bridgehead atoms. The molecule has 5 aromatic rings. The maximum Gasteiger partial charge on any atom is 0.172 e. The molecule has 0 atom stereocenters. The summed E-state index contributed by atoms with van der Waals surface area (Å²) in [6.45, 7) is 6.97. The van der Waals surface area contributed by atoms with Crippen molar-refractivity contribution in [2.45, 2.75) is 33.7 Å². The number of hydrogen-bond donors (Lipinski definition) is 1. The number of rotatable bonds is 6. The van der Waals surface area contributed by atoms with Crippen molar-refractivity contribution in [3.63, 3.8) is 0 Å². The molecule has 0 saturated carbocycles. The van der Waals surface area contributed by atoms with Gasteiger partial charge >= 0.3 is 0 Å². The van der Waals surface area contributed by atoms with Gasteiger partial charge in [0.05, 0.1) is 12.2 Å². The van der Waals surface area contributed by atoms with Crippen LogP contribution in [-0.2, 0) is 13.0 Å². The number of tetrazole rings is 1. The minimum atomic E-state index is 0.578. The number of aromatic amines is 1. The Bertz CT molecular complexity index is 1420. The SMILES string of the molecule is CCc1nc2c(C)cc(C)nc2n1Cc1ccc(/C(=C\c2nnn[nH]2)c2ccccn2)cc1. The summed E-state index contributed by atoms with van der Waals surface area (Å²) in [6.07, 6.45) is 4.54. The lowest BCUT2D eigenvalue weighted by Gasteiger charge is -2.11. The zero-order valence-corrected chi connectivity index (χ0v) is 18.8. The van der Waals surface area contributed by atoms with Crippen molar-refractivity contribution in [3.05, 3.63) is 94.5 Å². The number of aryl methyl sites for hydroxylation is 3. The second kappa shape index (κ2) is 8.74. The molecule has 0 saturated heterocycles. The minimum absolute atomic E-state index is 0.578. The highest BCUT2D eigenvalue weighted by atomic mass is 15.5. The molecule has 0 amide bonds. The Morgan fingerprint density at radius 1 is 1.06 bits per heavy atom. The number of fused-ring (bicyclic) bond motifs is 1. The van der Waals surface area contributed by atoms with Gasteiger partial charge in [0.2, 0.25) is 0 Å². The molecule has 4 aromatic heterocycles. The van der Waals surface area contributed by atoms with Crippen molar-refractivity contribution in [1.29, 1.82) is 0 Å². The van der Waals surface area contributed by atoms with E-state index in [1.807, 2.05) is 31.2 Å². The van der Waals surface area contributed by atoms with Crippen LogP contribution >= 0.6 is 0 Å². The van der Waals surface area contributed by atoms with Gasteiger partial charge in [-0.1, -0.05) is 37.3 Å². The quantitative estimate of drug-likeness (QED) is 0.429. The van der Waals surface area contributed by atoms with Gasteiger partial charge in [-0.3, -0.25) is 4.98 Å². The number of nitrogens with zero attached hydrogens (tertiary/aromatic N) is 7. The monoisotopic (exact) mass is 436 g/mol. The largest absolute Gasteiger partial charge is 0.308 e. The van der Waals surface area contributed by atoms with E-state index in [0.29, 0.717) is 12.4 Å². The average molecular weight is 437 g/mol. The molecule has 0 unspecified atom stereocenters. The average Bonchev–Trinajstić information content (AvgIpc) is 3.47. The fourth-order valence-electron chi connectivity index (χ4n) is 4.05. The summed E-state index contributed by atoms with van der Waals surface area (Å²) < 4.78 is 2.22. The van der Waals surface area contributed by atoms with Gasteiger partial charge in [0.15, 0.2) is 11.5 Å². The standard InChI is InChI=1S/C25H24N8/c1-4-23-28-24-16(2)13-17(3)27-25(24)33(23)15-18-8-10-19(11-9-18)20(14-22-29-31-32-30-22)21-7-5-6-12-26-21/h5-14H,4,15H2,1-3H3,(H,29,30,31,32)/b20-14+. The van der Waals surface area contributed by atoms with E-state index in [9.17, 15) is 0 Å². The van der Waals surface area contributed by atoms with Crippen LogP contribution < -0.4 is 0 Å². The summed E-state index contributed by atoms with van der Waals surface area (Å²) in [7, 11) is 0. The van der Waals surface area contributed by atoms with E-state index in [2.05, 4.69) is 74.4 Å². The van der Waals surface area contributed by atoms with Gasteiger partial charge in [-0.2, -0.15) is 0 Å². The first-order valence-electron chi connectivity index (χ1n) is 10.9. The Labute approximate surface area is 191 Å². The Balaban J connectivity index is 1.51. The van der Waals surface area contributed by atoms with Crippen molar-refractivity contribution >= 4 is 22.8 Å². The third kappa shape index (κ3) is 4.15. The van der Waals surface area contributed by atoms with Gasteiger partial charge in [0.25, 0.3) is 0 Å². The molecule has 0 radical (unpaired) electrons. The molecule has 0 aliphatic carbocycles. The lowest BCUT2D eigenvalue weighted by atomic mass is 10.00. The van der Waals surface area contributed by atoms with Gasteiger partial charge < -0.3 is 4.57 Å². The highest BCUT2D eigenvalue weighted by molar-refractivity contribution is 5.88. The van der Waals surface area contributed by atoms with E-state index in [0.717, 1.165) is 51.5 Å². The van der Waals surface area contributed by atoms with E-state index in [1.165, 1.54) is 5.56 Å². The molecular weight excluding hydrogens is 412 g/mol. The summed E-state index contributed by atoms with van der Waals surface area (Å²) in [5.41, 5.74) is 8.09. The molecule has 5 rings (SSSR count). The molecule has 33 heavy (non-hydrogen) atoms. The lowest BCUT2D eigenvalue weighted by molar-refractivity contribution is 0.745. The number of nitrogens with one attached hydrogen (secondary N) is 1. The summed E-state index contributed by atoms with van der Waals surface area (Å²) in [6, 6.07) is 16.4. The minimum Gasteiger partial charge on any atom is -0.308 e. The van der Waals surface area contributed by atoms with Crippen LogP contribution in [0.15, 0.2) is 54.7 Å². The van der Waals surface area contributed by atoms with Crippen LogP contribution in [0.2, 0.25) is 0 Å². The molecular formula is C25H24N8. The van der Waals surface area contributed by atoms with Crippen LogP contribution in [-0.4, -0.2) is 40.1 Å². The second-order valence-electron chi connectivity index (χ2n) is 7.98. The molecule has 0 aliphatic rings. The van der Waals surface area contributed by atoms with Crippen molar-refractivity contribution in [2.24, 2.45) is 0 Å². The molecule has 1 aromatic carbocycles. The van der Waals surface area contributed by atoms with Gasteiger partial charge in [0.1, 0.15) is 11.3 Å². The molecule has 1 N–H and O–H groups in total. The second-order valence-corrected chi connectivity index (χ2v) is 7.98. The number of benzene rings is 1. The molecule has 8 heteroatoms. The highest BCUT2D eigenvalue weighted by Crippen LogP contribution is 2.25. The lowest BCUT2D eigenvalue weighted by Crippen LogP contribution is -2.06. The molecule has 0 spiro atoms. The summed E-state index contributed by atoms with van der Waals surface area (Å²) in [5, 5.41) is 14.1. The van der Waals surface area contributed by atoms with Gasteiger partial charge in [0, 0.05) is 23.9 Å².